The standard InChI is InChI=1S/C18H21ClN2O6S/c1-25-14-7-5-11(9-12(14)19)21-16(22)10-20-13-6-8-15(26-2)17(27-3)18(13)28(4,23)24/h5-9,20H,10H2,1-4H3,(H,21,22). The molecule has 0 aromatic heterocycles. The molecule has 0 spiro atoms. The van der Waals surface area contributed by atoms with Crippen molar-refractivity contribution >= 4 is 38.7 Å². The van der Waals surface area contributed by atoms with Crippen LogP contribution in [0.25, 0.3) is 0 Å². The van der Waals surface area contributed by atoms with Gasteiger partial charge in [-0.3, -0.25) is 4.79 Å². The quantitative estimate of drug-likeness (QED) is 0.666. The van der Waals surface area contributed by atoms with Crippen molar-refractivity contribution in [3.63, 3.8) is 0 Å². The second-order valence-corrected chi connectivity index (χ2v) is 8.06. The molecular weight excluding hydrogens is 408 g/mol. The molecule has 2 rings (SSSR count). The van der Waals surface area contributed by atoms with Crippen molar-refractivity contribution in [2.24, 2.45) is 0 Å². The number of hydrogen-bond acceptors (Lipinski definition) is 7. The number of sulfone groups is 1. The van der Waals surface area contributed by atoms with E-state index >= 15 is 0 Å². The zero-order chi connectivity index (χ0) is 20.9. The van der Waals surface area contributed by atoms with Gasteiger partial charge >= 0.3 is 0 Å². The van der Waals surface area contributed by atoms with Crippen LogP contribution in [0.15, 0.2) is 35.2 Å². The van der Waals surface area contributed by atoms with Gasteiger partial charge in [-0.15, -0.1) is 0 Å². The van der Waals surface area contributed by atoms with Gasteiger partial charge in [0.2, 0.25) is 5.91 Å². The number of hydrogen-bond donors (Lipinski definition) is 2. The van der Waals surface area contributed by atoms with E-state index in [-0.39, 0.29) is 28.6 Å². The molecule has 0 saturated heterocycles. The van der Waals surface area contributed by atoms with Gasteiger partial charge < -0.3 is 24.8 Å². The molecule has 0 bridgehead atoms. The highest BCUT2D eigenvalue weighted by atomic mass is 35.5. The van der Waals surface area contributed by atoms with E-state index in [2.05, 4.69) is 10.6 Å². The third-order valence-electron chi connectivity index (χ3n) is 3.75. The molecule has 0 atom stereocenters. The predicted octanol–water partition coefficient (Wildman–Crippen LogP) is 2.82. The Balaban J connectivity index is 2.20. The van der Waals surface area contributed by atoms with Crippen LogP contribution in [-0.2, 0) is 14.6 Å². The fraction of sp³-hybridized carbons (Fsp3) is 0.278. The number of halogens is 1. The second-order valence-electron chi connectivity index (χ2n) is 5.70. The van der Waals surface area contributed by atoms with E-state index in [0.29, 0.717) is 16.5 Å². The number of carbonyl (C=O) groups excluding carboxylic acids is 1. The van der Waals surface area contributed by atoms with E-state index in [1.807, 2.05) is 0 Å². The van der Waals surface area contributed by atoms with Crippen LogP contribution in [0, 0.1) is 0 Å². The molecule has 2 aromatic carbocycles. The molecule has 0 saturated carbocycles. The Morgan fingerprint density at radius 2 is 1.68 bits per heavy atom. The lowest BCUT2D eigenvalue weighted by Crippen LogP contribution is -2.22. The molecule has 0 aliphatic carbocycles. The van der Waals surface area contributed by atoms with Crippen LogP contribution in [0.1, 0.15) is 0 Å². The van der Waals surface area contributed by atoms with Crippen LogP contribution in [0.4, 0.5) is 11.4 Å². The molecule has 2 N–H and O–H groups in total. The Bertz CT molecular complexity index is 978. The number of benzene rings is 2. The fourth-order valence-corrected chi connectivity index (χ4v) is 3.85. The number of methoxy groups -OCH3 is 3. The average Bonchev–Trinajstić information content (AvgIpc) is 2.64. The number of carbonyl (C=O) groups is 1. The van der Waals surface area contributed by atoms with Crippen LogP contribution in [0.2, 0.25) is 5.02 Å². The summed E-state index contributed by atoms with van der Waals surface area (Å²) >= 11 is 6.03. The third kappa shape index (κ3) is 4.99. The summed E-state index contributed by atoms with van der Waals surface area (Å²) in [7, 11) is 0.583. The Labute approximate surface area is 168 Å². The van der Waals surface area contributed by atoms with E-state index < -0.39 is 15.7 Å². The summed E-state index contributed by atoms with van der Waals surface area (Å²) in [5, 5.41) is 5.84. The molecule has 0 fully saturated rings. The largest absolute Gasteiger partial charge is 0.495 e. The van der Waals surface area contributed by atoms with E-state index in [1.54, 1.807) is 24.3 Å². The van der Waals surface area contributed by atoms with E-state index in [0.717, 1.165) is 6.26 Å². The van der Waals surface area contributed by atoms with E-state index in [1.165, 1.54) is 27.4 Å². The first kappa shape index (κ1) is 21.6. The minimum Gasteiger partial charge on any atom is -0.495 e. The van der Waals surface area contributed by atoms with E-state index in [4.69, 9.17) is 25.8 Å². The first-order valence-electron chi connectivity index (χ1n) is 8.03. The van der Waals surface area contributed by atoms with Gasteiger partial charge in [0.05, 0.1) is 38.6 Å². The first-order chi connectivity index (χ1) is 13.2. The van der Waals surface area contributed by atoms with Crippen molar-refractivity contribution in [1.82, 2.24) is 0 Å². The van der Waals surface area contributed by atoms with Gasteiger partial charge in [-0.25, -0.2) is 8.42 Å². The highest BCUT2D eigenvalue weighted by molar-refractivity contribution is 7.91. The van der Waals surface area contributed by atoms with Crippen molar-refractivity contribution in [1.29, 1.82) is 0 Å². The summed E-state index contributed by atoms with van der Waals surface area (Å²) in [5.74, 6) is 0.430. The number of nitrogens with one attached hydrogen (secondary N) is 2. The van der Waals surface area contributed by atoms with E-state index in [9.17, 15) is 13.2 Å². The van der Waals surface area contributed by atoms with Crippen molar-refractivity contribution in [3.8, 4) is 17.2 Å². The minimum absolute atomic E-state index is 0.0670. The highest BCUT2D eigenvalue weighted by Crippen LogP contribution is 2.39. The van der Waals surface area contributed by atoms with Crippen molar-refractivity contribution in [2.75, 3.05) is 44.8 Å². The molecule has 0 aliphatic heterocycles. The minimum atomic E-state index is -3.66. The summed E-state index contributed by atoms with van der Waals surface area (Å²) in [5.41, 5.74) is 0.705. The molecular formula is C18H21ClN2O6S. The number of ether oxygens (including phenoxy) is 3. The lowest BCUT2D eigenvalue weighted by atomic mass is 10.2. The smallest absolute Gasteiger partial charge is 0.243 e. The molecule has 8 nitrogen and oxygen atoms in total. The molecule has 1 amide bonds. The van der Waals surface area contributed by atoms with Gasteiger partial charge in [-0.05, 0) is 30.3 Å². The summed E-state index contributed by atoms with van der Waals surface area (Å²) in [4.78, 5) is 12.1. The summed E-state index contributed by atoms with van der Waals surface area (Å²) < 4.78 is 39.9. The molecule has 152 valence electrons. The summed E-state index contributed by atoms with van der Waals surface area (Å²) in [6, 6.07) is 7.88. The first-order valence-corrected chi connectivity index (χ1v) is 10.3. The van der Waals surface area contributed by atoms with Crippen LogP contribution in [0.3, 0.4) is 0 Å². The molecule has 0 unspecified atom stereocenters. The van der Waals surface area contributed by atoms with Crippen LogP contribution < -0.4 is 24.8 Å². The maximum atomic E-state index is 12.2. The second kappa shape index (κ2) is 9.03. The maximum absolute atomic E-state index is 12.2. The maximum Gasteiger partial charge on any atom is 0.243 e. The lowest BCUT2D eigenvalue weighted by Gasteiger charge is -2.17. The molecule has 10 heteroatoms. The zero-order valence-electron chi connectivity index (χ0n) is 15.8. The highest BCUT2D eigenvalue weighted by Gasteiger charge is 2.23. The summed E-state index contributed by atoms with van der Waals surface area (Å²) in [6.45, 7) is -0.179. The average molecular weight is 429 g/mol. The van der Waals surface area contributed by atoms with Gasteiger partial charge in [-0.2, -0.15) is 0 Å². The summed E-state index contributed by atoms with van der Waals surface area (Å²) in [6.07, 6.45) is 1.05. The molecule has 2 aromatic rings. The molecule has 0 aliphatic rings. The van der Waals surface area contributed by atoms with Crippen molar-refractivity contribution < 1.29 is 27.4 Å². The lowest BCUT2D eigenvalue weighted by molar-refractivity contribution is -0.114. The number of rotatable bonds is 8. The van der Waals surface area contributed by atoms with Crippen molar-refractivity contribution in [3.05, 3.63) is 35.4 Å². The topological polar surface area (TPSA) is 103 Å². The normalized spacial score (nSPS) is 10.9. The molecule has 0 radical (unpaired) electrons. The predicted molar refractivity (Wildman–Crippen MR) is 108 cm³/mol. The zero-order valence-corrected chi connectivity index (χ0v) is 17.4. The third-order valence-corrected chi connectivity index (χ3v) is 5.19. The Kier molecular flexibility index (Phi) is 6.98. The monoisotopic (exact) mass is 428 g/mol. The van der Waals surface area contributed by atoms with Crippen LogP contribution >= 0.6 is 11.6 Å². The Morgan fingerprint density at radius 1 is 1.04 bits per heavy atom. The molecule has 0 heterocycles. The Hall–Kier alpha value is -2.65. The van der Waals surface area contributed by atoms with Gasteiger partial charge in [0.15, 0.2) is 21.3 Å². The SMILES string of the molecule is COc1ccc(NC(=O)CNc2ccc(OC)c(OC)c2S(C)(=O)=O)cc1Cl. The van der Waals surface area contributed by atoms with Gasteiger partial charge in [0, 0.05) is 11.9 Å². The number of amides is 1. The van der Waals surface area contributed by atoms with Crippen LogP contribution in [-0.4, -0.2) is 48.5 Å². The van der Waals surface area contributed by atoms with Crippen LogP contribution in [0.5, 0.6) is 17.2 Å². The number of anilines is 2. The Morgan fingerprint density at radius 3 is 2.21 bits per heavy atom. The van der Waals surface area contributed by atoms with Gasteiger partial charge in [0.25, 0.3) is 0 Å². The van der Waals surface area contributed by atoms with Crippen molar-refractivity contribution in [2.45, 2.75) is 4.90 Å². The van der Waals surface area contributed by atoms with Gasteiger partial charge in [-0.1, -0.05) is 11.6 Å². The fourth-order valence-electron chi connectivity index (χ4n) is 2.53. The molecule has 28 heavy (non-hydrogen) atoms. The van der Waals surface area contributed by atoms with Gasteiger partial charge in [0.1, 0.15) is 10.6 Å².